The SMILES string of the molecule is CC1C(CNC(=O)c2noc(C(C)(C)C)n2)=CC=C(c2n[nH]c3ncc(-c4ccc(C5CCN(CC6CCN(c7ccc(N8CCC(=O)NC8=O)cc7)CC6)CC5)cc4)cc23)C1C. The number of nitrogens with zero attached hydrogens (tertiary/aromatic N) is 7. The Labute approximate surface area is 368 Å². The van der Waals surface area contributed by atoms with Gasteiger partial charge in [-0.3, -0.25) is 24.9 Å². The molecule has 0 saturated carbocycles. The van der Waals surface area contributed by atoms with Gasteiger partial charge >= 0.3 is 6.03 Å². The van der Waals surface area contributed by atoms with E-state index < -0.39 is 0 Å². The van der Waals surface area contributed by atoms with Crippen molar-refractivity contribution in [1.82, 2.24) is 40.9 Å². The van der Waals surface area contributed by atoms with Crippen LogP contribution >= 0.6 is 0 Å². The van der Waals surface area contributed by atoms with Crippen molar-refractivity contribution in [3.8, 4) is 11.1 Å². The molecule has 14 heteroatoms. The fourth-order valence-corrected chi connectivity index (χ4v) is 9.56. The smallest absolute Gasteiger partial charge is 0.328 e. The topological polar surface area (TPSA) is 165 Å². The Bertz CT molecular complexity index is 2530. The van der Waals surface area contributed by atoms with Crippen molar-refractivity contribution in [3.63, 3.8) is 0 Å². The fraction of sp³-hybridized carbons (Fsp3) is 0.449. The summed E-state index contributed by atoms with van der Waals surface area (Å²) in [4.78, 5) is 52.5. The van der Waals surface area contributed by atoms with Crippen molar-refractivity contribution >= 4 is 45.8 Å². The number of benzene rings is 2. The van der Waals surface area contributed by atoms with E-state index >= 15 is 0 Å². The summed E-state index contributed by atoms with van der Waals surface area (Å²) in [6, 6.07) is 19.1. The maximum Gasteiger partial charge on any atom is 0.328 e. The Hall–Kier alpha value is -6.15. The van der Waals surface area contributed by atoms with Crippen LogP contribution in [0.3, 0.4) is 0 Å². The van der Waals surface area contributed by atoms with Crippen LogP contribution < -0.4 is 20.4 Å². The lowest BCUT2D eigenvalue weighted by atomic mass is 9.78. The number of pyridine rings is 1. The van der Waals surface area contributed by atoms with E-state index in [0.717, 1.165) is 77.4 Å². The molecular weight excluding hydrogens is 793 g/mol. The van der Waals surface area contributed by atoms with Crippen LogP contribution in [0.4, 0.5) is 16.2 Å². The number of H-pyrrole nitrogens is 1. The predicted octanol–water partition coefficient (Wildman–Crippen LogP) is 7.87. The molecule has 2 aromatic carbocycles. The highest BCUT2D eigenvalue weighted by atomic mass is 16.5. The molecule has 5 aromatic rings. The van der Waals surface area contributed by atoms with Crippen LogP contribution in [-0.2, 0) is 10.2 Å². The highest BCUT2D eigenvalue weighted by Crippen LogP contribution is 2.39. The van der Waals surface area contributed by atoms with Gasteiger partial charge in [0, 0.05) is 73.1 Å². The summed E-state index contributed by atoms with van der Waals surface area (Å²) >= 11 is 0. The van der Waals surface area contributed by atoms with E-state index in [4.69, 9.17) is 14.6 Å². The number of aromatic nitrogens is 5. The molecule has 0 bridgehead atoms. The first kappa shape index (κ1) is 42.2. The summed E-state index contributed by atoms with van der Waals surface area (Å²) < 4.78 is 5.31. The minimum absolute atomic E-state index is 0.0466. The van der Waals surface area contributed by atoms with E-state index in [0.29, 0.717) is 37.2 Å². The van der Waals surface area contributed by atoms with Crippen molar-refractivity contribution in [2.24, 2.45) is 17.8 Å². The second-order valence-electron chi connectivity index (χ2n) is 18.9. The van der Waals surface area contributed by atoms with Crippen molar-refractivity contribution in [2.45, 2.75) is 78.1 Å². The fourth-order valence-electron chi connectivity index (χ4n) is 9.56. The van der Waals surface area contributed by atoms with Crippen molar-refractivity contribution in [3.05, 3.63) is 101 Å². The molecule has 4 aliphatic rings. The second-order valence-corrected chi connectivity index (χ2v) is 18.9. The number of nitrogens with one attached hydrogen (secondary N) is 3. The van der Waals surface area contributed by atoms with Gasteiger partial charge in [0.2, 0.25) is 11.8 Å². The summed E-state index contributed by atoms with van der Waals surface area (Å²) in [5, 5.41) is 18.2. The number of allylic oxidation sites excluding steroid dienone is 3. The normalized spacial score (nSPS) is 20.8. The molecule has 1 aliphatic carbocycles. The van der Waals surface area contributed by atoms with E-state index in [1.54, 1.807) is 4.90 Å². The first-order valence-corrected chi connectivity index (χ1v) is 22.5. The molecule has 14 nitrogen and oxygen atoms in total. The van der Waals surface area contributed by atoms with E-state index in [1.165, 1.54) is 36.9 Å². The van der Waals surface area contributed by atoms with Crippen LogP contribution in [0.15, 0.2) is 83.0 Å². The molecule has 6 heterocycles. The van der Waals surface area contributed by atoms with Gasteiger partial charge in [0.1, 0.15) is 0 Å². The average molecular weight is 851 g/mol. The molecule has 4 amide bonds. The highest BCUT2D eigenvalue weighted by molar-refractivity contribution is 6.05. The van der Waals surface area contributed by atoms with E-state index in [2.05, 4.69) is 104 Å². The van der Waals surface area contributed by atoms with Crippen LogP contribution in [-0.4, -0.2) is 93.9 Å². The maximum absolute atomic E-state index is 12.8. The van der Waals surface area contributed by atoms with E-state index in [9.17, 15) is 14.4 Å². The first-order valence-electron chi connectivity index (χ1n) is 22.5. The quantitative estimate of drug-likeness (QED) is 0.126. The zero-order chi connectivity index (χ0) is 43.8. The Morgan fingerprint density at radius 2 is 1.60 bits per heavy atom. The molecule has 3 saturated heterocycles. The number of piperidine rings is 2. The zero-order valence-electron chi connectivity index (χ0n) is 37.0. The van der Waals surface area contributed by atoms with Crippen molar-refractivity contribution in [1.29, 1.82) is 0 Å². The number of imide groups is 1. The third-order valence-electron chi connectivity index (χ3n) is 13.7. The molecule has 3 aliphatic heterocycles. The van der Waals surface area contributed by atoms with Gasteiger partial charge in [-0.1, -0.05) is 76.2 Å². The van der Waals surface area contributed by atoms with Crippen LogP contribution in [0, 0.1) is 17.8 Å². The summed E-state index contributed by atoms with van der Waals surface area (Å²) in [7, 11) is 0. The molecule has 63 heavy (non-hydrogen) atoms. The van der Waals surface area contributed by atoms with Crippen molar-refractivity contribution in [2.75, 3.05) is 55.6 Å². The lowest BCUT2D eigenvalue weighted by Gasteiger charge is -2.38. The first-order chi connectivity index (χ1) is 30.4. The lowest BCUT2D eigenvalue weighted by molar-refractivity contribution is -0.120. The number of carbonyl (C=O) groups is 3. The monoisotopic (exact) mass is 850 g/mol. The molecular formula is C49H58N10O4. The second kappa shape index (κ2) is 17.5. The number of anilines is 2. The Morgan fingerprint density at radius 1 is 0.873 bits per heavy atom. The van der Waals surface area contributed by atoms with Crippen molar-refractivity contribution < 1.29 is 18.9 Å². The maximum atomic E-state index is 12.8. The third kappa shape index (κ3) is 9.04. The predicted molar refractivity (Wildman–Crippen MR) is 244 cm³/mol. The molecule has 0 radical (unpaired) electrons. The largest absolute Gasteiger partial charge is 0.372 e. The highest BCUT2D eigenvalue weighted by Gasteiger charge is 2.30. The van der Waals surface area contributed by atoms with Crippen LogP contribution in [0.2, 0.25) is 0 Å². The minimum atomic E-state index is -0.352. The molecule has 328 valence electrons. The van der Waals surface area contributed by atoms with Gasteiger partial charge in [-0.25, -0.2) is 9.78 Å². The molecule has 2 atom stereocenters. The summed E-state index contributed by atoms with van der Waals surface area (Å²) in [5.74, 6) is 1.51. The van der Waals surface area contributed by atoms with Crippen LogP contribution in [0.5, 0.6) is 0 Å². The molecule has 3 N–H and O–H groups in total. The van der Waals surface area contributed by atoms with Gasteiger partial charge in [0.05, 0.1) is 5.69 Å². The summed E-state index contributed by atoms with van der Waals surface area (Å²) in [6.07, 6.45) is 11.2. The third-order valence-corrected chi connectivity index (χ3v) is 13.7. The van der Waals surface area contributed by atoms with Gasteiger partial charge in [-0.15, -0.1) is 0 Å². The number of carbonyl (C=O) groups excluding carboxylic acids is 3. The number of likely N-dealkylation sites (tertiary alicyclic amines) is 1. The molecule has 0 spiro atoms. The summed E-state index contributed by atoms with van der Waals surface area (Å²) in [6.45, 7) is 16.6. The van der Waals surface area contributed by atoms with Gasteiger partial charge in [-0.05, 0) is 115 Å². The molecule has 3 fully saturated rings. The Balaban J connectivity index is 0.766. The number of fused-ring (bicyclic) bond motifs is 1. The number of urea groups is 1. The van der Waals surface area contributed by atoms with Crippen LogP contribution in [0.1, 0.15) is 100 Å². The lowest BCUT2D eigenvalue weighted by Crippen LogP contribution is -2.49. The molecule has 2 unspecified atom stereocenters. The zero-order valence-corrected chi connectivity index (χ0v) is 37.0. The van der Waals surface area contributed by atoms with Gasteiger partial charge in [0.25, 0.3) is 11.7 Å². The average Bonchev–Trinajstić information content (AvgIpc) is 3.97. The van der Waals surface area contributed by atoms with Gasteiger partial charge < -0.3 is 19.6 Å². The number of amides is 4. The van der Waals surface area contributed by atoms with E-state index in [1.807, 2.05) is 39.1 Å². The number of hydrogen-bond acceptors (Lipinski definition) is 10. The minimum Gasteiger partial charge on any atom is -0.372 e. The van der Waals surface area contributed by atoms with E-state index in [-0.39, 0.29) is 40.9 Å². The Morgan fingerprint density at radius 3 is 2.30 bits per heavy atom. The van der Waals surface area contributed by atoms with Crippen LogP contribution in [0.25, 0.3) is 27.7 Å². The molecule has 9 rings (SSSR count). The summed E-state index contributed by atoms with van der Waals surface area (Å²) in [5.41, 5.74) is 9.21. The molecule has 3 aromatic heterocycles. The number of rotatable bonds is 10. The van der Waals surface area contributed by atoms with Gasteiger partial charge in [-0.2, -0.15) is 10.1 Å². The van der Waals surface area contributed by atoms with Gasteiger partial charge in [0.15, 0.2) is 5.65 Å². The number of aromatic amines is 1. The standard InChI is InChI=1S/C49H58N10O4/c1-30-31(2)40(15-10-36(30)27-51-46(61)45-53-47(63-56-45)49(3,4)5)43-41-26-37(28-50-44(41)55-54-43)34-8-6-33(7-9-34)35-18-21-57(22-19-35)29-32-16-23-58(24-17-32)38-11-13-39(14-12-38)59-25-20-42(60)52-48(59)62/h6-15,26,28,30-32,35H,16-25,27,29H2,1-5H3,(H,51,61)(H,50,54,55)(H,52,60,62). The number of hydrogen-bond donors (Lipinski definition) is 3. The Kier molecular flexibility index (Phi) is 11.7.